The lowest BCUT2D eigenvalue weighted by atomic mass is 10.2. The van der Waals surface area contributed by atoms with Crippen molar-refractivity contribution in [1.29, 1.82) is 0 Å². The number of esters is 1. The third-order valence-electron chi connectivity index (χ3n) is 4.67. The van der Waals surface area contributed by atoms with Crippen LogP contribution in [-0.2, 0) is 4.74 Å². The highest BCUT2D eigenvalue weighted by Crippen LogP contribution is 2.22. The topological polar surface area (TPSA) is 84.3 Å². The molecule has 0 saturated carbocycles. The van der Waals surface area contributed by atoms with Crippen LogP contribution in [0.4, 0.5) is 11.6 Å². The summed E-state index contributed by atoms with van der Waals surface area (Å²) >= 11 is 0. The van der Waals surface area contributed by atoms with E-state index in [-0.39, 0.29) is 5.69 Å². The number of ether oxygens (including phenoxy) is 1. The van der Waals surface area contributed by atoms with Crippen molar-refractivity contribution in [1.82, 2.24) is 20.2 Å². The Bertz CT molecular complexity index is 968. The molecule has 1 saturated heterocycles. The maximum absolute atomic E-state index is 11.5. The molecule has 2 aromatic heterocycles. The van der Waals surface area contributed by atoms with Crippen LogP contribution in [0.1, 0.15) is 16.2 Å². The lowest BCUT2D eigenvalue weighted by molar-refractivity contribution is 0.0592. The van der Waals surface area contributed by atoms with Gasteiger partial charge in [-0.05, 0) is 31.2 Å². The Morgan fingerprint density at radius 1 is 0.926 bits per heavy atom. The average molecular weight is 364 g/mol. The fourth-order valence-corrected chi connectivity index (χ4v) is 3.23. The van der Waals surface area contributed by atoms with Gasteiger partial charge in [0.1, 0.15) is 0 Å². The number of benzene rings is 1. The fraction of sp³-hybridized carbons (Fsp3) is 0.316. The number of methoxy groups -OCH3 is 1. The number of aryl methyl sites for hydroxylation is 1. The maximum Gasteiger partial charge on any atom is 0.358 e. The van der Waals surface area contributed by atoms with Gasteiger partial charge in [-0.2, -0.15) is 0 Å². The van der Waals surface area contributed by atoms with Crippen molar-refractivity contribution in [3.63, 3.8) is 0 Å². The van der Waals surface area contributed by atoms with Gasteiger partial charge in [0.05, 0.1) is 23.8 Å². The van der Waals surface area contributed by atoms with Crippen LogP contribution in [0.3, 0.4) is 0 Å². The molecule has 4 rings (SSSR count). The van der Waals surface area contributed by atoms with E-state index in [2.05, 4.69) is 29.7 Å². The number of anilines is 2. The van der Waals surface area contributed by atoms with Crippen LogP contribution in [0.25, 0.3) is 11.0 Å². The van der Waals surface area contributed by atoms with Crippen molar-refractivity contribution in [3.05, 3.63) is 47.8 Å². The quantitative estimate of drug-likeness (QED) is 0.651. The molecular formula is C19H20N6O2. The second kappa shape index (κ2) is 7.14. The van der Waals surface area contributed by atoms with Gasteiger partial charge in [-0.15, -0.1) is 10.2 Å². The zero-order chi connectivity index (χ0) is 18.8. The Morgan fingerprint density at radius 3 is 2.22 bits per heavy atom. The van der Waals surface area contributed by atoms with Crippen molar-refractivity contribution in [3.8, 4) is 0 Å². The van der Waals surface area contributed by atoms with E-state index in [0.717, 1.165) is 54.5 Å². The predicted molar refractivity (Wildman–Crippen MR) is 102 cm³/mol. The lowest BCUT2D eigenvalue weighted by Gasteiger charge is -2.36. The number of aromatic nitrogens is 4. The molecule has 0 bridgehead atoms. The van der Waals surface area contributed by atoms with Gasteiger partial charge in [0, 0.05) is 26.2 Å². The maximum atomic E-state index is 11.5. The Hall–Kier alpha value is -3.29. The minimum Gasteiger partial charge on any atom is -0.464 e. The van der Waals surface area contributed by atoms with Crippen molar-refractivity contribution < 1.29 is 9.53 Å². The molecule has 1 aliphatic heterocycles. The van der Waals surface area contributed by atoms with Gasteiger partial charge >= 0.3 is 5.97 Å². The van der Waals surface area contributed by atoms with Crippen LogP contribution < -0.4 is 9.80 Å². The molecule has 0 unspecified atom stereocenters. The number of fused-ring (bicyclic) bond motifs is 1. The molecule has 8 heteroatoms. The third kappa shape index (κ3) is 3.38. The summed E-state index contributed by atoms with van der Waals surface area (Å²) < 4.78 is 4.65. The molecule has 1 aromatic carbocycles. The summed E-state index contributed by atoms with van der Waals surface area (Å²) in [7, 11) is 1.33. The highest BCUT2D eigenvalue weighted by molar-refractivity contribution is 5.87. The molecule has 138 valence electrons. The van der Waals surface area contributed by atoms with Gasteiger partial charge in [-0.1, -0.05) is 12.1 Å². The SMILES string of the molecule is COC(=O)c1ccc(N2CCN(c3nc4ccccc4nc3C)CC2)nn1. The van der Waals surface area contributed by atoms with Crippen LogP contribution in [-0.4, -0.2) is 59.4 Å². The number of carbonyl (C=O) groups excluding carboxylic acids is 1. The molecule has 0 aliphatic carbocycles. The Morgan fingerprint density at radius 2 is 1.59 bits per heavy atom. The smallest absolute Gasteiger partial charge is 0.358 e. The zero-order valence-electron chi connectivity index (χ0n) is 15.3. The molecule has 0 spiro atoms. The first-order chi connectivity index (χ1) is 13.2. The summed E-state index contributed by atoms with van der Waals surface area (Å²) in [6.45, 7) is 5.21. The summed E-state index contributed by atoms with van der Waals surface area (Å²) in [6.07, 6.45) is 0. The van der Waals surface area contributed by atoms with Crippen LogP contribution >= 0.6 is 0 Å². The van der Waals surface area contributed by atoms with E-state index >= 15 is 0 Å². The summed E-state index contributed by atoms with van der Waals surface area (Å²) in [6, 6.07) is 11.4. The van der Waals surface area contributed by atoms with E-state index in [9.17, 15) is 4.79 Å². The van der Waals surface area contributed by atoms with Gasteiger partial charge in [-0.25, -0.2) is 14.8 Å². The monoisotopic (exact) mass is 364 g/mol. The van der Waals surface area contributed by atoms with Crippen LogP contribution in [0, 0.1) is 6.92 Å². The molecule has 3 heterocycles. The molecule has 1 fully saturated rings. The first kappa shape index (κ1) is 17.1. The standard InChI is InChI=1S/C19H20N6O2/c1-13-18(21-15-6-4-3-5-14(15)20-13)25-11-9-24(10-12-25)17-8-7-16(22-23-17)19(26)27-2/h3-8H,9-12H2,1-2H3. The normalized spacial score (nSPS) is 14.4. The van der Waals surface area contributed by atoms with Gasteiger partial charge in [-0.3, -0.25) is 0 Å². The number of para-hydroxylation sites is 2. The highest BCUT2D eigenvalue weighted by Gasteiger charge is 2.22. The van der Waals surface area contributed by atoms with Crippen molar-refractivity contribution in [2.24, 2.45) is 0 Å². The van der Waals surface area contributed by atoms with Crippen LogP contribution in [0.5, 0.6) is 0 Å². The fourth-order valence-electron chi connectivity index (χ4n) is 3.23. The van der Waals surface area contributed by atoms with E-state index < -0.39 is 5.97 Å². The number of carbonyl (C=O) groups is 1. The first-order valence-corrected chi connectivity index (χ1v) is 8.81. The average Bonchev–Trinajstić information content (AvgIpc) is 2.73. The molecule has 0 amide bonds. The van der Waals surface area contributed by atoms with Gasteiger partial charge in [0.25, 0.3) is 0 Å². The van der Waals surface area contributed by atoms with E-state index in [1.54, 1.807) is 12.1 Å². The minimum absolute atomic E-state index is 0.210. The molecule has 8 nitrogen and oxygen atoms in total. The second-order valence-electron chi connectivity index (χ2n) is 6.36. The van der Waals surface area contributed by atoms with Gasteiger partial charge in [0.2, 0.25) is 0 Å². The van der Waals surface area contributed by atoms with E-state index in [4.69, 9.17) is 4.98 Å². The highest BCUT2D eigenvalue weighted by atomic mass is 16.5. The Balaban J connectivity index is 1.47. The molecular weight excluding hydrogens is 344 g/mol. The van der Waals surface area contributed by atoms with Crippen LogP contribution in [0.15, 0.2) is 36.4 Å². The first-order valence-electron chi connectivity index (χ1n) is 8.81. The predicted octanol–water partition coefficient (Wildman–Crippen LogP) is 1.84. The number of rotatable bonds is 3. The third-order valence-corrected chi connectivity index (χ3v) is 4.67. The van der Waals surface area contributed by atoms with E-state index in [0.29, 0.717) is 0 Å². The van der Waals surface area contributed by atoms with E-state index in [1.165, 1.54) is 7.11 Å². The Kier molecular flexibility index (Phi) is 4.53. The van der Waals surface area contributed by atoms with Crippen molar-refractivity contribution in [2.45, 2.75) is 6.92 Å². The number of hydrogen-bond acceptors (Lipinski definition) is 8. The lowest BCUT2D eigenvalue weighted by Crippen LogP contribution is -2.47. The van der Waals surface area contributed by atoms with Crippen molar-refractivity contribution >= 4 is 28.6 Å². The molecule has 1 aliphatic rings. The molecule has 0 N–H and O–H groups in total. The number of piperazine rings is 1. The summed E-state index contributed by atoms with van der Waals surface area (Å²) in [5.74, 6) is 1.20. The molecule has 0 atom stereocenters. The van der Waals surface area contributed by atoms with Crippen molar-refractivity contribution in [2.75, 3.05) is 43.1 Å². The number of nitrogens with zero attached hydrogens (tertiary/aromatic N) is 6. The molecule has 3 aromatic rings. The number of hydrogen-bond donors (Lipinski definition) is 0. The largest absolute Gasteiger partial charge is 0.464 e. The summed E-state index contributed by atoms with van der Waals surface area (Å²) in [4.78, 5) is 25.3. The van der Waals surface area contributed by atoms with Gasteiger partial charge < -0.3 is 14.5 Å². The van der Waals surface area contributed by atoms with Gasteiger partial charge in [0.15, 0.2) is 17.3 Å². The molecule has 27 heavy (non-hydrogen) atoms. The van der Waals surface area contributed by atoms with E-state index in [1.807, 2.05) is 31.2 Å². The van der Waals surface area contributed by atoms with Crippen LogP contribution in [0.2, 0.25) is 0 Å². The zero-order valence-corrected chi connectivity index (χ0v) is 15.3. The minimum atomic E-state index is -0.482. The Labute approximate surface area is 156 Å². The second-order valence-corrected chi connectivity index (χ2v) is 6.36. The summed E-state index contributed by atoms with van der Waals surface area (Å²) in [5.41, 5.74) is 2.97. The molecule has 0 radical (unpaired) electrons. The summed E-state index contributed by atoms with van der Waals surface area (Å²) in [5, 5.41) is 8.10.